The minimum Gasteiger partial charge on any atom is -0.489 e. The Morgan fingerprint density at radius 3 is 2.64 bits per heavy atom. The van der Waals surface area contributed by atoms with Crippen LogP contribution in [0.3, 0.4) is 0 Å². The molecule has 0 atom stereocenters. The third-order valence-electron chi connectivity index (χ3n) is 4.80. The molecular weight excluding hydrogens is 388 g/mol. The molecule has 0 aliphatic heterocycles. The Kier molecular flexibility index (Phi) is 6.68. The number of aromatic nitrogens is 1. The Morgan fingerprint density at radius 1 is 1.40 bits per heavy atom. The lowest BCUT2D eigenvalue weighted by Gasteiger charge is -2.32. The van der Waals surface area contributed by atoms with Crippen molar-refractivity contribution in [2.75, 3.05) is 6.61 Å². The van der Waals surface area contributed by atoms with Crippen molar-refractivity contribution < 1.29 is 14.6 Å². The maximum absolute atomic E-state index is 12.3. The van der Waals surface area contributed by atoms with Crippen molar-refractivity contribution in [3.05, 3.63) is 27.1 Å². The standard InChI is InChI=1S/C18H27BrN2O4/c1-18(2,8-9-22)17(24)20-12-4-6-13(7-5-12)25-15-10-16(23)21(3)11-14(15)19/h10-13,22H,4-9H2,1-3H3,(H,20,24). The van der Waals surface area contributed by atoms with Gasteiger partial charge in [-0.2, -0.15) is 0 Å². The van der Waals surface area contributed by atoms with Gasteiger partial charge in [0.25, 0.3) is 5.56 Å². The molecule has 1 aromatic rings. The van der Waals surface area contributed by atoms with Crippen LogP contribution in [0.25, 0.3) is 0 Å². The number of pyridine rings is 1. The Labute approximate surface area is 156 Å². The number of hydrogen-bond donors (Lipinski definition) is 2. The van der Waals surface area contributed by atoms with Gasteiger partial charge < -0.3 is 19.7 Å². The number of aliphatic hydroxyl groups excluding tert-OH is 1. The largest absolute Gasteiger partial charge is 0.489 e. The molecule has 0 saturated heterocycles. The van der Waals surface area contributed by atoms with Gasteiger partial charge in [-0.15, -0.1) is 0 Å². The molecular formula is C18H27BrN2O4. The van der Waals surface area contributed by atoms with E-state index in [0.29, 0.717) is 12.2 Å². The van der Waals surface area contributed by atoms with Crippen LogP contribution in [0.5, 0.6) is 5.75 Å². The van der Waals surface area contributed by atoms with Crippen molar-refractivity contribution in [3.63, 3.8) is 0 Å². The molecule has 2 rings (SSSR count). The highest BCUT2D eigenvalue weighted by Gasteiger charge is 2.31. The van der Waals surface area contributed by atoms with E-state index in [0.717, 1.165) is 30.2 Å². The first-order chi connectivity index (χ1) is 11.7. The van der Waals surface area contributed by atoms with Gasteiger partial charge in [0.15, 0.2) is 0 Å². The van der Waals surface area contributed by atoms with Crippen LogP contribution in [0.15, 0.2) is 21.5 Å². The van der Waals surface area contributed by atoms with E-state index < -0.39 is 5.41 Å². The molecule has 6 nitrogen and oxygen atoms in total. The van der Waals surface area contributed by atoms with E-state index in [1.165, 1.54) is 10.6 Å². The molecule has 1 aliphatic carbocycles. The van der Waals surface area contributed by atoms with Gasteiger partial charge in [0, 0.05) is 37.4 Å². The summed E-state index contributed by atoms with van der Waals surface area (Å²) in [5.41, 5.74) is -0.665. The fourth-order valence-corrected chi connectivity index (χ4v) is 3.46. The fraction of sp³-hybridized carbons (Fsp3) is 0.667. The van der Waals surface area contributed by atoms with Crippen molar-refractivity contribution in [3.8, 4) is 5.75 Å². The van der Waals surface area contributed by atoms with Crippen LogP contribution < -0.4 is 15.6 Å². The van der Waals surface area contributed by atoms with Crippen LogP contribution in [0.1, 0.15) is 46.0 Å². The van der Waals surface area contributed by atoms with E-state index >= 15 is 0 Å². The normalized spacial score (nSPS) is 21.0. The number of carbonyl (C=O) groups excluding carboxylic acids is 1. The lowest BCUT2D eigenvalue weighted by atomic mass is 9.86. The van der Waals surface area contributed by atoms with Crippen molar-refractivity contribution in [2.24, 2.45) is 12.5 Å². The molecule has 0 radical (unpaired) electrons. The highest BCUT2D eigenvalue weighted by molar-refractivity contribution is 9.10. The number of amides is 1. The number of ether oxygens (including phenoxy) is 1. The molecule has 7 heteroatoms. The van der Waals surface area contributed by atoms with Crippen LogP contribution in [0.4, 0.5) is 0 Å². The molecule has 1 aromatic heterocycles. The minimum atomic E-state index is -0.558. The second-order valence-corrected chi connectivity index (χ2v) is 8.21. The summed E-state index contributed by atoms with van der Waals surface area (Å²) in [4.78, 5) is 24.1. The Bertz CT molecular complexity index is 664. The fourth-order valence-electron chi connectivity index (χ4n) is 2.95. The van der Waals surface area contributed by atoms with Gasteiger partial charge in [-0.3, -0.25) is 9.59 Å². The number of nitrogens with zero attached hydrogens (tertiary/aromatic N) is 1. The van der Waals surface area contributed by atoms with Crippen molar-refractivity contribution in [2.45, 2.75) is 58.1 Å². The smallest absolute Gasteiger partial charge is 0.254 e. The Morgan fingerprint density at radius 2 is 2.04 bits per heavy atom. The second-order valence-electron chi connectivity index (χ2n) is 7.36. The predicted octanol–water partition coefficient (Wildman–Crippen LogP) is 2.36. The van der Waals surface area contributed by atoms with Crippen LogP contribution in [0, 0.1) is 5.41 Å². The van der Waals surface area contributed by atoms with E-state index in [1.54, 1.807) is 13.2 Å². The quantitative estimate of drug-likeness (QED) is 0.748. The summed E-state index contributed by atoms with van der Waals surface area (Å²) >= 11 is 3.43. The van der Waals surface area contributed by atoms with Crippen LogP contribution in [-0.2, 0) is 11.8 Å². The van der Waals surface area contributed by atoms with E-state index in [2.05, 4.69) is 21.2 Å². The van der Waals surface area contributed by atoms with Crippen LogP contribution >= 0.6 is 15.9 Å². The number of rotatable bonds is 6. The number of carbonyl (C=O) groups is 1. The molecule has 0 bridgehead atoms. The average molecular weight is 415 g/mol. The summed E-state index contributed by atoms with van der Waals surface area (Å²) in [5, 5.41) is 12.2. The lowest BCUT2D eigenvalue weighted by Crippen LogP contribution is -2.45. The second kappa shape index (κ2) is 8.36. The first kappa shape index (κ1) is 20.0. The molecule has 0 spiro atoms. The van der Waals surface area contributed by atoms with Crippen molar-refractivity contribution in [1.82, 2.24) is 9.88 Å². The number of aliphatic hydroxyl groups is 1. The number of aryl methyl sites for hydroxylation is 1. The molecule has 1 amide bonds. The SMILES string of the molecule is Cn1cc(Br)c(OC2CCC(NC(=O)C(C)(C)CCO)CC2)cc1=O. The Balaban J connectivity index is 1.87. The molecule has 2 N–H and O–H groups in total. The van der Waals surface area contributed by atoms with Crippen LogP contribution in [-0.4, -0.2) is 34.3 Å². The molecule has 1 saturated carbocycles. The zero-order chi connectivity index (χ0) is 18.6. The Hall–Kier alpha value is -1.34. The summed E-state index contributed by atoms with van der Waals surface area (Å²) in [5.74, 6) is 0.555. The van der Waals surface area contributed by atoms with Crippen molar-refractivity contribution in [1.29, 1.82) is 0 Å². The average Bonchev–Trinajstić information content (AvgIpc) is 2.54. The molecule has 25 heavy (non-hydrogen) atoms. The first-order valence-electron chi connectivity index (χ1n) is 8.67. The maximum atomic E-state index is 12.3. The van der Waals surface area contributed by atoms with E-state index in [-0.39, 0.29) is 30.2 Å². The molecule has 140 valence electrons. The minimum absolute atomic E-state index is 0.00637. The van der Waals surface area contributed by atoms with E-state index in [1.807, 2.05) is 13.8 Å². The number of halogens is 1. The van der Waals surface area contributed by atoms with Gasteiger partial charge in [-0.1, -0.05) is 13.8 Å². The summed E-state index contributed by atoms with van der Waals surface area (Å²) in [6, 6.07) is 1.63. The van der Waals surface area contributed by atoms with Gasteiger partial charge >= 0.3 is 0 Å². The topological polar surface area (TPSA) is 80.6 Å². The van der Waals surface area contributed by atoms with Gasteiger partial charge in [0.2, 0.25) is 5.91 Å². The molecule has 1 aliphatic rings. The molecule has 1 heterocycles. The molecule has 0 aromatic carbocycles. The lowest BCUT2D eigenvalue weighted by molar-refractivity contribution is -0.131. The third kappa shape index (κ3) is 5.31. The monoisotopic (exact) mass is 414 g/mol. The van der Waals surface area contributed by atoms with E-state index in [9.17, 15) is 9.59 Å². The highest BCUT2D eigenvalue weighted by atomic mass is 79.9. The summed E-state index contributed by atoms with van der Waals surface area (Å²) in [7, 11) is 1.70. The van der Waals surface area contributed by atoms with Gasteiger partial charge in [-0.25, -0.2) is 0 Å². The molecule has 1 fully saturated rings. The number of hydrogen-bond acceptors (Lipinski definition) is 4. The zero-order valence-corrected chi connectivity index (χ0v) is 16.6. The number of nitrogens with one attached hydrogen (secondary N) is 1. The summed E-state index contributed by atoms with van der Waals surface area (Å²) in [6.07, 6.45) is 5.53. The van der Waals surface area contributed by atoms with Gasteiger partial charge in [-0.05, 0) is 48.0 Å². The van der Waals surface area contributed by atoms with Crippen molar-refractivity contribution >= 4 is 21.8 Å². The van der Waals surface area contributed by atoms with Crippen LogP contribution in [0.2, 0.25) is 0 Å². The molecule has 0 unspecified atom stereocenters. The first-order valence-corrected chi connectivity index (χ1v) is 9.47. The predicted molar refractivity (Wildman–Crippen MR) is 99.7 cm³/mol. The highest BCUT2D eigenvalue weighted by Crippen LogP contribution is 2.29. The van der Waals surface area contributed by atoms with Gasteiger partial charge in [0.1, 0.15) is 5.75 Å². The third-order valence-corrected chi connectivity index (χ3v) is 5.39. The zero-order valence-electron chi connectivity index (χ0n) is 15.0. The van der Waals surface area contributed by atoms with Gasteiger partial charge in [0.05, 0.1) is 10.6 Å². The summed E-state index contributed by atoms with van der Waals surface area (Å²) in [6.45, 7) is 3.70. The van der Waals surface area contributed by atoms with E-state index in [4.69, 9.17) is 9.84 Å². The maximum Gasteiger partial charge on any atom is 0.254 e. The summed E-state index contributed by atoms with van der Waals surface area (Å²) < 4.78 is 8.23.